The molecule has 15 heavy (non-hydrogen) atoms. The van der Waals surface area contributed by atoms with Gasteiger partial charge in [0.05, 0.1) is 12.5 Å². The van der Waals surface area contributed by atoms with Crippen molar-refractivity contribution in [3.05, 3.63) is 0 Å². The van der Waals surface area contributed by atoms with Gasteiger partial charge in [-0.1, -0.05) is 26.7 Å². The molecule has 0 rings (SSSR count). The Bertz CT molecular complexity index is 218. The lowest BCUT2D eigenvalue weighted by molar-refractivity contribution is -0.151. The third-order valence-corrected chi connectivity index (χ3v) is 1.27. The van der Waals surface area contributed by atoms with Crippen LogP contribution in [0.25, 0.3) is 0 Å². The molecule has 5 nitrogen and oxygen atoms in total. The summed E-state index contributed by atoms with van der Waals surface area (Å²) in [7, 11) is 0. The molecule has 0 aromatic rings. The third-order valence-electron chi connectivity index (χ3n) is 1.27. The number of esters is 1. The Labute approximate surface area is 89.7 Å². The number of nitriles is 1. The van der Waals surface area contributed by atoms with E-state index in [1.54, 1.807) is 6.07 Å². The summed E-state index contributed by atoms with van der Waals surface area (Å²) < 4.78 is 4.35. The zero-order valence-electron chi connectivity index (χ0n) is 9.15. The molecule has 0 spiro atoms. The highest BCUT2D eigenvalue weighted by Gasteiger charge is 2.07. The number of carbonyl (C=O) groups excluding carboxylic acids is 1. The van der Waals surface area contributed by atoms with Crippen LogP contribution in [-0.2, 0) is 14.3 Å². The van der Waals surface area contributed by atoms with Gasteiger partial charge in [-0.2, -0.15) is 5.26 Å². The van der Waals surface area contributed by atoms with Gasteiger partial charge in [0, 0.05) is 0 Å². The number of carboxylic acids is 1. The predicted molar refractivity (Wildman–Crippen MR) is 54.0 cm³/mol. The molecule has 0 amide bonds. The SMILES string of the molecule is CCCC.N#CCCOC(=O)CC(=O)O. The quantitative estimate of drug-likeness (QED) is 0.428. The number of ether oxygens (including phenoxy) is 1. The van der Waals surface area contributed by atoms with Gasteiger partial charge in [-0.05, 0) is 0 Å². The second kappa shape index (κ2) is 12.4. The van der Waals surface area contributed by atoms with Crippen LogP contribution in [0.15, 0.2) is 0 Å². The maximum atomic E-state index is 10.4. The molecule has 1 N–H and O–H groups in total. The van der Waals surface area contributed by atoms with Crippen LogP contribution in [0.5, 0.6) is 0 Å². The van der Waals surface area contributed by atoms with Gasteiger partial charge in [0.15, 0.2) is 0 Å². The molecule has 0 aromatic carbocycles. The lowest BCUT2D eigenvalue weighted by Gasteiger charge is -1.97. The molecule has 0 aliphatic heterocycles. The Morgan fingerprint density at radius 3 is 2.20 bits per heavy atom. The summed E-state index contributed by atoms with van der Waals surface area (Å²) in [5.41, 5.74) is 0. The number of hydrogen-bond donors (Lipinski definition) is 1. The van der Waals surface area contributed by atoms with Gasteiger partial charge in [-0.3, -0.25) is 9.59 Å². The fourth-order valence-electron chi connectivity index (χ4n) is 0.385. The molecule has 86 valence electrons. The van der Waals surface area contributed by atoms with Gasteiger partial charge < -0.3 is 9.84 Å². The molecule has 0 aliphatic carbocycles. The van der Waals surface area contributed by atoms with Crippen molar-refractivity contribution in [3.8, 4) is 6.07 Å². The van der Waals surface area contributed by atoms with E-state index < -0.39 is 18.4 Å². The first-order chi connectivity index (χ1) is 7.08. The lowest BCUT2D eigenvalue weighted by Crippen LogP contribution is -2.10. The Kier molecular flexibility index (Phi) is 13.2. The highest BCUT2D eigenvalue weighted by molar-refractivity contribution is 5.90. The van der Waals surface area contributed by atoms with Gasteiger partial charge >= 0.3 is 11.9 Å². The number of aliphatic carboxylic acids is 1. The second-order valence-electron chi connectivity index (χ2n) is 2.70. The van der Waals surface area contributed by atoms with Crippen molar-refractivity contribution in [2.24, 2.45) is 0 Å². The van der Waals surface area contributed by atoms with Gasteiger partial charge in [0.2, 0.25) is 0 Å². The van der Waals surface area contributed by atoms with Gasteiger partial charge in [-0.15, -0.1) is 0 Å². The molecular formula is C10H17NO4. The first-order valence-electron chi connectivity index (χ1n) is 4.82. The van der Waals surface area contributed by atoms with Crippen LogP contribution in [0.2, 0.25) is 0 Å². The maximum Gasteiger partial charge on any atom is 0.317 e. The number of carbonyl (C=O) groups is 2. The van der Waals surface area contributed by atoms with Crippen LogP contribution in [0.1, 0.15) is 39.5 Å². The van der Waals surface area contributed by atoms with Gasteiger partial charge in [0.1, 0.15) is 13.0 Å². The first-order valence-corrected chi connectivity index (χ1v) is 4.82. The number of nitrogens with zero attached hydrogens (tertiary/aromatic N) is 1. The van der Waals surface area contributed by atoms with Crippen molar-refractivity contribution >= 4 is 11.9 Å². The topological polar surface area (TPSA) is 87.4 Å². The van der Waals surface area contributed by atoms with E-state index in [0.717, 1.165) is 0 Å². The summed E-state index contributed by atoms with van der Waals surface area (Å²) in [5, 5.41) is 16.1. The molecule has 0 saturated carbocycles. The molecule has 0 heterocycles. The number of unbranched alkanes of at least 4 members (excludes halogenated alkanes) is 1. The van der Waals surface area contributed by atoms with E-state index in [4.69, 9.17) is 10.4 Å². The van der Waals surface area contributed by atoms with E-state index in [1.807, 2.05) is 0 Å². The molecule has 0 fully saturated rings. The van der Waals surface area contributed by atoms with E-state index in [0.29, 0.717) is 0 Å². The highest BCUT2D eigenvalue weighted by atomic mass is 16.5. The summed E-state index contributed by atoms with van der Waals surface area (Å²) in [6.45, 7) is 4.32. The summed E-state index contributed by atoms with van der Waals surface area (Å²) in [6.07, 6.45) is 2.08. The van der Waals surface area contributed by atoms with Crippen molar-refractivity contribution in [2.75, 3.05) is 6.61 Å². The fourth-order valence-corrected chi connectivity index (χ4v) is 0.385. The lowest BCUT2D eigenvalue weighted by atomic mass is 10.4. The van der Waals surface area contributed by atoms with E-state index in [1.165, 1.54) is 12.8 Å². The minimum Gasteiger partial charge on any atom is -0.481 e. The van der Waals surface area contributed by atoms with Crippen LogP contribution < -0.4 is 0 Å². The van der Waals surface area contributed by atoms with E-state index in [2.05, 4.69) is 18.6 Å². The fraction of sp³-hybridized carbons (Fsp3) is 0.700. The summed E-state index contributed by atoms with van der Waals surface area (Å²) in [5.74, 6) is -2.04. The molecule has 0 saturated heterocycles. The standard InChI is InChI=1S/C6H7NO4.C4H10/c7-2-1-3-11-6(10)4-5(8)9;1-3-4-2/h1,3-4H2,(H,8,9);3-4H2,1-2H3. The largest absolute Gasteiger partial charge is 0.481 e. The number of hydrogen-bond acceptors (Lipinski definition) is 4. The molecular weight excluding hydrogens is 198 g/mol. The first kappa shape index (κ1) is 15.9. The monoisotopic (exact) mass is 215 g/mol. The zero-order chi connectivity index (χ0) is 12.1. The Morgan fingerprint density at radius 1 is 1.33 bits per heavy atom. The molecule has 5 heteroatoms. The zero-order valence-corrected chi connectivity index (χ0v) is 9.15. The van der Waals surface area contributed by atoms with Crippen molar-refractivity contribution < 1.29 is 19.4 Å². The molecule has 0 atom stereocenters. The van der Waals surface area contributed by atoms with Crippen LogP contribution in [0, 0.1) is 11.3 Å². The van der Waals surface area contributed by atoms with Gasteiger partial charge in [-0.25, -0.2) is 0 Å². The summed E-state index contributed by atoms with van der Waals surface area (Å²) in [6, 6.07) is 1.75. The van der Waals surface area contributed by atoms with Gasteiger partial charge in [0.25, 0.3) is 0 Å². The number of carboxylic acid groups (broad SMARTS) is 1. The average Bonchev–Trinajstić information content (AvgIpc) is 2.17. The van der Waals surface area contributed by atoms with E-state index >= 15 is 0 Å². The predicted octanol–water partition coefficient (Wildman–Crippen LogP) is 1.72. The van der Waals surface area contributed by atoms with Crippen LogP contribution >= 0.6 is 0 Å². The molecule has 0 aromatic heterocycles. The van der Waals surface area contributed by atoms with Crippen LogP contribution in [0.3, 0.4) is 0 Å². The average molecular weight is 215 g/mol. The van der Waals surface area contributed by atoms with E-state index in [-0.39, 0.29) is 13.0 Å². The molecule has 0 unspecified atom stereocenters. The summed E-state index contributed by atoms with van der Waals surface area (Å²) >= 11 is 0. The second-order valence-corrected chi connectivity index (χ2v) is 2.70. The Hall–Kier alpha value is -1.57. The Balaban J connectivity index is 0. The van der Waals surface area contributed by atoms with Crippen molar-refractivity contribution in [1.29, 1.82) is 5.26 Å². The maximum absolute atomic E-state index is 10.4. The summed E-state index contributed by atoms with van der Waals surface area (Å²) in [4.78, 5) is 20.3. The van der Waals surface area contributed by atoms with Crippen molar-refractivity contribution in [1.82, 2.24) is 0 Å². The number of rotatable bonds is 5. The normalized spacial score (nSPS) is 8.07. The minimum absolute atomic E-state index is 0.0391. The van der Waals surface area contributed by atoms with Crippen LogP contribution in [-0.4, -0.2) is 23.7 Å². The highest BCUT2D eigenvalue weighted by Crippen LogP contribution is 1.87. The smallest absolute Gasteiger partial charge is 0.317 e. The minimum atomic E-state index is -1.23. The van der Waals surface area contributed by atoms with Crippen LogP contribution in [0.4, 0.5) is 0 Å². The molecule has 0 bridgehead atoms. The third kappa shape index (κ3) is 19.0. The Morgan fingerprint density at radius 2 is 1.87 bits per heavy atom. The van der Waals surface area contributed by atoms with Crippen molar-refractivity contribution in [2.45, 2.75) is 39.5 Å². The molecule has 0 radical (unpaired) electrons. The molecule has 0 aliphatic rings. The van der Waals surface area contributed by atoms with Crippen molar-refractivity contribution in [3.63, 3.8) is 0 Å². The van der Waals surface area contributed by atoms with E-state index in [9.17, 15) is 9.59 Å².